The summed E-state index contributed by atoms with van der Waals surface area (Å²) in [4.78, 5) is 13.6. The number of hydrogen-bond donors (Lipinski definition) is 0. The molecule has 1 aromatic carbocycles. The molecule has 1 aromatic rings. The van der Waals surface area contributed by atoms with Crippen LogP contribution in [0.3, 0.4) is 0 Å². The molecule has 1 saturated carbocycles. The van der Waals surface area contributed by atoms with Gasteiger partial charge in [-0.15, -0.1) is 0 Å². The molecule has 1 atom stereocenters. The van der Waals surface area contributed by atoms with Crippen molar-refractivity contribution in [2.75, 3.05) is 11.5 Å². The average molecular weight is 360 g/mol. The van der Waals surface area contributed by atoms with Gasteiger partial charge in [0.2, 0.25) is 5.78 Å². The van der Waals surface area contributed by atoms with Crippen LogP contribution in [0.15, 0.2) is 24.3 Å². The second-order valence-electron chi connectivity index (χ2n) is 7.99. The lowest BCUT2D eigenvalue weighted by Gasteiger charge is -2.29. The second kappa shape index (κ2) is 8.75. The third-order valence-corrected chi connectivity index (χ3v) is 9.82. The molecule has 1 aliphatic heterocycles. The van der Waals surface area contributed by atoms with Crippen molar-refractivity contribution in [1.29, 1.82) is 0 Å². The molecule has 0 amide bonds. The number of carbonyl (C=O) groups excluding carboxylic acids is 1. The summed E-state index contributed by atoms with van der Waals surface area (Å²) >= 11 is 0. The molecule has 25 heavy (non-hydrogen) atoms. The first kappa shape index (κ1) is 19.0. The minimum atomic E-state index is -0.0857. The molecule has 2 aliphatic rings. The van der Waals surface area contributed by atoms with Gasteiger partial charge < -0.3 is 0 Å². The fourth-order valence-corrected chi connectivity index (χ4v) is 8.36. The Labute approximate surface area is 157 Å². The average Bonchev–Trinajstić information content (AvgIpc) is 3.22. The summed E-state index contributed by atoms with van der Waals surface area (Å²) in [7, 11) is 0.287. The van der Waals surface area contributed by atoms with E-state index in [1.54, 1.807) is 0 Å². The summed E-state index contributed by atoms with van der Waals surface area (Å²) in [6.45, 7) is 4.48. The summed E-state index contributed by atoms with van der Waals surface area (Å²) in [6.07, 6.45) is 12.6. The summed E-state index contributed by atoms with van der Waals surface area (Å²) in [5.41, 5.74) is 2.42. The van der Waals surface area contributed by atoms with Crippen LogP contribution >= 0.6 is 0 Å². The van der Waals surface area contributed by atoms with Crippen molar-refractivity contribution < 1.29 is 4.79 Å². The normalized spacial score (nSPS) is 22.0. The highest BCUT2D eigenvalue weighted by Crippen LogP contribution is 2.38. The summed E-state index contributed by atoms with van der Waals surface area (Å²) in [6, 6.07) is 8.80. The molecule has 1 nitrogen and oxygen atoms in total. The number of Topliss-reactive ketones (excluding diaryl/α,β-unsaturated/α-hetero) is 1. The maximum absolute atomic E-state index is 13.6. The van der Waals surface area contributed by atoms with Crippen LogP contribution in [0, 0.1) is 0 Å². The Morgan fingerprint density at radius 1 is 1.00 bits per heavy atom. The quantitative estimate of drug-likeness (QED) is 0.414. The van der Waals surface area contributed by atoms with Gasteiger partial charge in [0.1, 0.15) is 11.5 Å². The molecule has 3 rings (SSSR count). The van der Waals surface area contributed by atoms with Gasteiger partial charge >= 0.3 is 0 Å². The third kappa shape index (κ3) is 3.99. The predicted molar refractivity (Wildman–Crippen MR) is 111 cm³/mol. The standard InChI is InChI=1S/C23H35OS/c1-3-16-23(4-2,25-17-8-9-18-25)22(24)21-14-12-20(13-15-21)19-10-6-5-7-11-19/h12-15,19H,3-11,16-18H2,1-2H3/q+1. The molecule has 0 aromatic heterocycles. The van der Waals surface area contributed by atoms with Crippen LogP contribution in [0.25, 0.3) is 0 Å². The Bertz CT molecular complexity index is 552. The van der Waals surface area contributed by atoms with Crippen LogP contribution in [-0.4, -0.2) is 22.0 Å². The Balaban J connectivity index is 1.81. The highest BCUT2D eigenvalue weighted by Gasteiger charge is 2.52. The summed E-state index contributed by atoms with van der Waals surface area (Å²) in [5, 5.41) is 0. The molecule has 2 fully saturated rings. The molecular weight excluding hydrogens is 324 g/mol. The molecule has 0 radical (unpaired) electrons. The van der Waals surface area contributed by atoms with Crippen molar-refractivity contribution in [2.45, 2.75) is 88.7 Å². The molecule has 1 unspecified atom stereocenters. The maximum atomic E-state index is 13.6. The third-order valence-electron chi connectivity index (χ3n) is 6.47. The van der Waals surface area contributed by atoms with Crippen LogP contribution in [0.2, 0.25) is 0 Å². The van der Waals surface area contributed by atoms with Crippen LogP contribution < -0.4 is 0 Å². The lowest BCUT2D eigenvalue weighted by molar-refractivity contribution is 0.0932. The molecule has 0 N–H and O–H groups in total. The smallest absolute Gasteiger partial charge is 0.217 e. The molecule has 2 heteroatoms. The summed E-state index contributed by atoms with van der Waals surface area (Å²) < 4.78 is -0.0857. The van der Waals surface area contributed by atoms with Gasteiger partial charge in [-0.2, -0.15) is 0 Å². The fraction of sp³-hybridized carbons (Fsp3) is 0.696. The van der Waals surface area contributed by atoms with Crippen molar-refractivity contribution in [3.8, 4) is 0 Å². The summed E-state index contributed by atoms with van der Waals surface area (Å²) in [5.74, 6) is 3.72. The molecular formula is C23H35OS+. The van der Waals surface area contributed by atoms with Gasteiger partial charge in [-0.3, -0.25) is 4.79 Å². The first-order chi connectivity index (χ1) is 12.2. The minimum Gasteiger partial charge on any atom is -0.288 e. The van der Waals surface area contributed by atoms with E-state index in [0.29, 0.717) is 5.78 Å². The minimum absolute atomic E-state index is 0.0857. The monoisotopic (exact) mass is 359 g/mol. The molecule has 1 saturated heterocycles. The van der Waals surface area contributed by atoms with E-state index >= 15 is 0 Å². The second-order valence-corrected chi connectivity index (χ2v) is 10.6. The first-order valence-electron chi connectivity index (χ1n) is 10.5. The Kier molecular flexibility index (Phi) is 6.66. The van der Waals surface area contributed by atoms with E-state index < -0.39 is 0 Å². The number of ketones is 1. The van der Waals surface area contributed by atoms with E-state index in [0.717, 1.165) is 30.7 Å². The highest BCUT2D eigenvalue weighted by atomic mass is 32.2. The van der Waals surface area contributed by atoms with E-state index in [-0.39, 0.29) is 15.6 Å². The van der Waals surface area contributed by atoms with Crippen LogP contribution in [-0.2, 0) is 10.9 Å². The highest BCUT2D eigenvalue weighted by molar-refractivity contribution is 7.99. The van der Waals surface area contributed by atoms with Crippen LogP contribution in [0.4, 0.5) is 0 Å². The van der Waals surface area contributed by atoms with Gasteiger partial charge in [-0.1, -0.05) is 63.8 Å². The predicted octanol–water partition coefficient (Wildman–Crippen LogP) is 6.28. The Morgan fingerprint density at radius 3 is 2.20 bits per heavy atom. The van der Waals surface area contributed by atoms with Crippen LogP contribution in [0.5, 0.6) is 0 Å². The molecule has 1 heterocycles. The maximum Gasteiger partial charge on any atom is 0.217 e. The van der Waals surface area contributed by atoms with Gasteiger partial charge in [0, 0.05) is 29.3 Å². The van der Waals surface area contributed by atoms with Crippen molar-refractivity contribution in [3.63, 3.8) is 0 Å². The number of carbonyl (C=O) groups is 1. The van der Waals surface area contributed by atoms with Crippen molar-refractivity contribution in [3.05, 3.63) is 35.4 Å². The number of rotatable bonds is 7. The van der Waals surface area contributed by atoms with E-state index in [1.165, 1.54) is 62.0 Å². The van der Waals surface area contributed by atoms with Crippen molar-refractivity contribution >= 4 is 16.7 Å². The lowest BCUT2D eigenvalue weighted by atomic mass is 9.83. The number of hydrogen-bond acceptors (Lipinski definition) is 1. The SMILES string of the molecule is CCCC(CC)(C(=O)c1ccc(C2CCCCC2)cc1)[S+]1CCCC1. The molecule has 1 aliphatic carbocycles. The molecule has 0 bridgehead atoms. The van der Waals surface area contributed by atoms with Crippen LogP contribution in [0.1, 0.15) is 99.9 Å². The van der Waals surface area contributed by atoms with Gasteiger partial charge in [-0.25, -0.2) is 0 Å². The van der Waals surface area contributed by atoms with Gasteiger partial charge in [0.05, 0.1) is 0 Å². The van der Waals surface area contributed by atoms with E-state index in [4.69, 9.17) is 0 Å². The zero-order valence-corrected chi connectivity index (χ0v) is 17.0. The Morgan fingerprint density at radius 2 is 1.64 bits per heavy atom. The Hall–Kier alpha value is -0.760. The van der Waals surface area contributed by atoms with E-state index in [1.807, 2.05) is 0 Å². The first-order valence-corrected chi connectivity index (χ1v) is 12.1. The van der Waals surface area contributed by atoms with Gasteiger partial charge in [0.25, 0.3) is 0 Å². The van der Waals surface area contributed by atoms with Gasteiger partial charge in [-0.05, 0) is 37.2 Å². The molecule has 0 spiro atoms. The van der Waals surface area contributed by atoms with Gasteiger partial charge in [0.15, 0.2) is 4.75 Å². The van der Waals surface area contributed by atoms with Crippen molar-refractivity contribution in [1.82, 2.24) is 0 Å². The lowest BCUT2D eigenvalue weighted by Crippen LogP contribution is -2.47. The number of benzene rings is 1. The zero-order valence-electron chi connectivity index (χ0n) is 16.2. The molecule has 138 valence electrons. The largest absolute Gasteiger partial charge is 0.288 e. The van der Waals surface area contributed by atoms with Crippen molar-refractivity contribution in [2.24, 2.45) is 0 Å². The fourth-order valence-electron chi connectivity index (χ4n) is 4.99. The van der Waals surface area contributed by atoms with E-state index in [9.17, 15) is 4.79 Å². The topological polar surface area (TPSA) is 17.1 Å². The zero-order chi connectivity index (χ0) is 17.7. The van der Waals surface area contributed by atoms with E-state index in [2.05, 4.69) is 38.1 Å².